The van der Waals surface area contributed by atoms with Crippen LogP contribution in [0.5, 0.6) is 0 Å². The van der Waals surface area contributed by atoms with Gasteiger partial charge in [0.05, 0.1) is 2.88 Å². The van der Waals surface area contributed by atoms with Crippen molar-refractivity contribution in [3.05, 3.63) is 49.5 Å². The fourth-order valence-corrected chi connectivity index (χ4v) is 4.79. The molecule has 4 heteroatoms. The van der Waals surface area contributed by atoms with E-state index in [-0.39, 0.29) is 0 Å². The molecular weight excluding hydrogens is 367 g/mol. The Morgan fingerprint density at radius 2 is 2.21 bits per heavy atom. The molecule has 1 atom stereocenters. The van der Waals surface area contributed by atoms with Gasteiger partial charge in [0.15, 0.2) is 0 Å². The zero-order valence-corrected chi connectivity index (χ0v) is 13.7. The number of thiophene rings is 1. The lowest BCUT2D eigenvalue weighted by Gasteiger charge is -2.23. The number of nitrogens with zero attached hydrogens (tertiary/aromatic N) is 1. The Labute approximate surface area is 131 Å². The van der Waals surface area contributed by atoms with Gasteiger partial charge in [-0.2, -0.15) is 0 Å². The van der Waals surface area contributed by atoms with Crippen molar-refractivity contribution in [2.24, 2.45) is 0 Å². The molecule has 0 amide bonds. The third-order valence-corrected chi connectivity index (χ3v) is 5.61. The summed E-state index contributed by atoms with van der Waals surface area (Å²) in [7, 11) is 0. The van der Waals surface area contributed by atoms with Gasteiger partial charge in [0.2, 0.25) is 0 Å². The summed E-state index contributed by atoms with van der Waals surface area (Å²) in [4.78, 5) is 5.65. The maximum Gasteiger partial charge on any atom is 0.0659 e. The summed E-state index contributed by atoms with van der Waals surface area (Å²) >= 11 is 4.40. The number of hydrogen-bond donors (Lipinski definition) is 1. The summed E-state index contributed by atoms with van der Waals surface area (Å²) < 4.78 is 1.42. The van der Waals surface area contributed by atoms with Crippen LogP contribution >= 0.6 is 33.9 Å². The number of nitrogens with one attached hydrogen (secondary N) is 1. The van der Waals surface area contributed by atoms with Crippen molar-refractivity contribution in [2.75, 3.05) is 6.54 Å². The lowest BCUT2D eigenvalue weighted by Crippen LogP contribution is -2.26. The van der Waals surface area contributed by atoms with E-state index in [9.17, 15) is 0 Å². The number of aryl methyl sites for hydroxylation is 1. The van der Waals surface area contributed by atoms with Crippen LogP contribution in [0.25, 0.3) is 0 Å². The van der Waals surface area contributed by atoms with E-state index in [1.54, 1.807) is 10.4 Å². The fourth-order valence-electron chi connectivity index (χ4n) is 2.67. The predicted molar refractivity (Wildman–Crippen MR) is 88.7 cm³/mol. The van der Waals surface area contributed by atoms with Gasteiger partial charge < -0.3 is 5.32 Å². The van der Waals surface area contributed by atoms with E-state index in [1.807, 2.05) is 23.7 Å². The molecule has 1 unspecified atom stereocenters. The molecule has 0 radical (unpaired) electrons. The summed E-state index contributed by atoms with van der Waals surface area (Å²) in [6.45, 7) is 1.04. The highest BCUT2D eigenvalue weighted by Gasteiger charge is 2.21. The SMILES string of the molecule is Ic1cc2c(s1)CCCC2NCCc1ccncc1. The van der Waals surface area contributed by atoms with Crippen molar-refractivity contribution in [1.29, 1.82) is 0 Å². The van der Waals surface area contributed by atoms with Gasteiger partial charge in [-0.3, -0.25) is 4.98 Å². The Bertz CT molecular complexity index is 538. The minimum atomic E-state index is 0.561. The van der Waals surface area contributed by atoms with Crippen molar-refractivity contribution in [2.45, 2.75) is 31.7 Å². The highest BCUT2D eigenvalue weighted by Crippen LogP contribution is 2.36. The Kier molecular flexibility index (Phi) is 4.50. The third-order valence-electron chi connectivity index (χ3n) is 3.64. The van der Waals surface area contributed by atoms with Gasteiger partial charge in [-0.1, -0.05) is 0 Å². The van der Waals surface area contributed by atoms with Gasteiger partial charge in [0.25, 0.3) is 0 Å². The Hall–Kier alpha value is -0.460. The highest BCUT2D eigenvalue weighted by atomic mass is 127. The Morgan fingerprint density at radius 1 is 1.37 bits per heavy atom. The smallest absolute Gasteiger partial charge is 0.0659 e. The number of fused-ring (bicyclic) bond motifs is 1. The molecular formula is C15H17IN2S. The van der Waals surface area contributed by atoms with Crippen LogP contribution < -0.4 is 5.32 Å². The van der Waals surface area contributed by atoms with E-state index < -0.39 is 0 Å². The van der Waals surface area contributed by atoms with Gasteiger partial charge in [-0.15, -0.1) is 11.3 Å². The zero-order valence-electron chi connectivity index (χ0n) is 10.7. The molecule has 1 N–H and O–H groups in total. The Morgan fingerprint density at radius 3 is 3.05 bits per heavy atom. The molecule has 100 valence electrons. The molecule has 2 heterocycles. The Balaban J connectivity index is 1.59. The van der Waals surface area contributed by atoms with Crippen molar-refractivity contribution < 1.29 is 0 Å². The topological polar surface area (TPSA) is 24.9 Å². The number of pyridine rings is 1. The summed E-state index contributed by atoms with van der Waals surface area (Å²) in [5.74, 6) is 0. The van der Waals surface area contributed by atoms with Crippen LogP contribution in [0, 0.1) is 2.88 Å². The number of aromatic nitrogens is 1. The summed E-state index contributed by atoms with van der Waals surface area (Å²) in [6, 6.07) is 7.12. The van der Waals surface area contributed by atoms with Gasteiger partial charge in [0, 0.05) is 23.3 Å². The molecule has 0 fully saturated rings. The fraction of sp³-hybridized carbons (Fsp3) is 0.400. The minimum absolute atomic E-state index is 0.561. The minimum Gasteiger partial charge on any atom is -0.310 e. The highest BCUT2D eigenvalue weighted by molar-refractivity contribution is 14.1. The molecule has 0 saturated heterocycles. The molecule has 1 aliphatic carbocycles. The van der Waals surface area contributed by atoms with E-state index in [0.29, 0.717) is 6.04 Å². The molecule has 19 heavy (non-hydrogen) atoms. The van der Waals surface area contributed by atoms with Crippen LogP contribution in [-0.4, -0.2) is 11.5 Å². The summed E-state index contributed by atoms with van der Waals surface area (Å²) in [6.07, 6.45) is 8.68. The van der Waals surface area contributed by atoms with E-state index in [4.69, 9.17) is 0 Å². The number of halogens is 1. The summed E-state index contributed by atoms with van der Waals surface area (Å²) in [5.41, 5.74) is 2.91. The second-order valence-electron chi connectivity index (χ2n) is 4.93. The quantitative estimate of drug-likeness (QED) is 0.808. The van der Waals surface area contributed by atoms with Gasteiger partial charge in [-0.25, -0.2) is 0 Å². The van der Waals surface area contributed by atoms with Gasteiger partial charge in [0.1, 0.15) is 0 Å². The molecule has 2 aromatic heterocycles. The maximum atomic E-state index is 4.06. The molecule has 0 saturated carbocycles. The van der Waals surface area contributed by atoms with Crippen LogP contribution in [0.3, 0.4) is 0 Å². The standard InChI is InChI=1S/C15H17IN2S/c16-15-10-12-13(2-1-3-14(12)19-15)18-9-6-11-4-7-17-8-5-11/h4-5,7-8,10,13,18H,1-3,6,9H2. The molecule has 1 aliphatic rings. The maximum absolute atomic E-state index is 4.06. The average Bonchev–Trinajstić information content (AvgIpc) is 2.81. The predicted octanol–water partition coefficient (Wildman–Crippen LogP) is 3.96. The average molecular weight is 384 g/mol. The lowest BCUT2D eigenvalue weighted by atomic mass is 9.94. The molecule has 2 nitrogen and oxygen atoms in total. The van der Waals surface area contributed by atoms with Crippen molar-refractivity contribution in [3.63, 3.8) is 0 Å². The second-order valence-corrected chi connectivity index (χ2v) is 7.96. The van der Waals surface area contributed by atoms with Crippen LogP contribution in [0.15, 0.2) is 30.6 Å². The molecule has 2 aromatic rings. The molecule has 0 aromatic carbocycles. The largest absolute Gasteiger partial charge is 0.310 e. The molecule has 0 aliphatic heterocycles. The van der Waals surface area contributed by atoms with E-state index >= 15 is 0 Å². The van der Waals surface area contributed by atoms with Crippen LogP contribution in [-0.2, 0) is 12.8 Å². The zero-order chi connectivity index (χ0) is 13.1. The van der Waals surface area contributed by atoms with E-state index in [2.05, 4.69) is 51.1 Å². The molecule has 3 rings (SSSR count). The van der Waals surface area contributed by atoms with Crippen LogP contribution in [0.4, 0.5) is 0 Å². The first-order valence-electron chi connectivity index (χ1n) is 6.73. The monoisotopic (exact) mass is 384 g/mol. The normalized spacial score (nSPS) is 18.3. The van der Waals surface area contributed by atoms with Crippen molar-refractivity contribution in [3.8, 4) is 0 Å². The number of rotatable bonds is 4. The van der Waals surface area contributed by atoms with Crippen LogP contribution in [0.2, 0.25) is 0 Å². The first kappa shape index (κ1) is 13.5. The first-order chi connectivity index (χ1) is 9.33. The van der Waals surface area contributed by atoms with Crippen molar-refractivity contribution >= 4 is 33.9 Å². The van der Waals surface area contributed by atoms with Gasteiger partial charge >= 0.3 is 0 Å². The number of hydrogen-bond acceptors (Lipinski definition) is 3. The second kappa shape index (κ2) is 6.33. The molecule has 0 bridgehead atoms. The molecule has 0 spiro atoms. The van der Waals surface area contributed by atoms with Crippen LogP contribution in [0.1, 0.15) is 34.9 Å². The van der Waals surface area contributed by atoms with E-state index in [0.717, 1.165) is 13.0 Å². The van der Waals surface area contributed by atoms with Gasteiger partial charge in [-0.05, 0) is 84.1 Å². The first-order valence-corrected chi connectivity index (χ1v) is 8.63. The van der Waals surface area contributed by atoms with E-state index in [1.165, 1.54) is 27.7 Å². The van der Waals surface area contributed by atoms with Crippen molar-refractivity contribution in [1.82, 2.24) is 10.3 Å². The lowest BCUT2D eigenvalue weighted by molar-refractivity contribution is 0.467. The third kappa shape index (κ3) is 3.35. The summed E-state index contributed by atoms with van der Waals surface area (Å²) in [5, 5.41) is 3.72.